The monoisotopic (exact) mass is 269 g/mol. The van der Waals surface area contributed by atoms with Crippen LogP contribution in [-0.4, -0.2) is 0 Å². The van der Waals surface area contributed by atoms with Crippen LogP contribution < -0.4 is 0 Å². The van der Waals surface area contributed by atoms with Gasteiger partial charge in [0.2, 0.25) is 0 Å². The maximum atomic E-state index is 9.30. The summed E-state index contributed by atoms with van der Waals surface area (Å²) in [6.07, 6.45) is 9.06. The van der Waals surface area contributed by atoms with Crippen LogP contribution in [0.5, 0.6) is 0 Å². The van der Waals surface area contributed by atoms with Gasteiger partial charge in [0.05, 0.1) is 5.56 Å². The molecule has 2 heteroatoms. The van der Waals surface area contributed by atoms with Crippen LogP contribution in [0.1, 0.15) is 68.5 Å². The van der Waals surface area contributed by atoms with E-state index in [0.29, 0.717) is 5.92 Å². The molecule has 0 spiro atoms. The molecule has 1 aromatic heterocycles. The highest BCUT2D eigenvalue weighted by molar-refractivity contribution is 5.36. The van der Waals surface area contributed by atoms with Gasteiger partial charge in [-0.25, -0.2) is 0 Å². The molecule has 4 aliphatic carbocycles. The van der Waals surface area contributed by atoms with Crippen molar-refractivity contribution in [3.8, 4) is 6.07 Å². The molecule has 0 aromatic carbocycles. The molecule has 4 bridgehead atoms. The number of aryl methyl sites for hydroxylation is 1. The fourth-order valence-electron chi connectivity index (χ4n) is 5.51. The maximum Gasteiger partial charge on any atom is 0.121 e. The average molecular weight is 269 g/mol. The molecule has 4 fully saturated rings. The zero-order valence-corrected chi connectivity index (χ0v) is 12.3. The summed E-state index contributed by atoms with van der Waals surface area (Å²) >= 11 is 0. The first-order chi connectivity index (χ1) is 9.78. The van der Waals surface area contributed by atoms with Crippen LogP contribution >= 0.6 is 0 Å². The minimum absolute atomic E-state index is 0.612. The molecule has 0 N–H and O–H groups in total. The highest BCUT2D eigenvalue weighted by atomic mass is 16.3. The predicted octanol–water partition coefficient (Wildman–Crippen LogP) is 4.64. The second kappa shape index (κ2) is 4.65. The van der Waals surface area contributed by atoms with Gasteiger partial charge in [0.25, 0.3) is 0 Å². The Morgan fingerprint density at radius 1 is 1.15 bits per heavy atom. The predicted molar refractivity (Wildman–Crippen MR) is 77.2 cm³/mol. The van der Waals surface area contributed by atoms with Crippen LogP contribution in [-0.2, 0) is 6.42 Å². The van der Waals surface area contributed by atoms with Crippen LogP contribution in [0.3, 0.4) is 0 Å². The molecule has 0 aliphatic heterocycles. The number of rotatable bonds is 3. The smallest absolute Gasteiger partial charge is 0.121 e. The molecule has 4 saturated carbocycles. The Balaban J connectivity index is 1.66. The van der Waals surface area contributed by atoms with Gasteiger partial charge in [0.1, 0.15) is 17.6 Å². The van der Waals surface area contributed by atoms with Crippen LogP contribution in [0.4, 0.5) is 0 Å². The molecular weight excluding hydrogens is 246 g/mol. The topological polar surface area (TPSA) is 36.9 Å². The van der Waals surface area contributed by atoms with E-state index in [-0.39, 0.29) is 0 Å². The Labute approximate surface area is 121 Å². The molecule has 0 unspecified atom stereocenters. The van der Waals surface area contributed by atoms with E-state index >= 15 is 0 Å². The molecule has 2 nitrogen and oxygen atoms in total. The van der Waals surface area contributed by atoms with Crippen molar-refractivity contribution in [2.75, 3.05) is 0 Å². The van der Waals surface area contributed by atoms with E-state index in [1.165, 1.54) is 32.1 Å². The van der Waals surface area contributed by atoms with E-state index in [1.807, 2.05) is 0 Å². The van der Waals surface area contributed by atoms with Crippen molar-refractivity contribution >= 4 is 0 Å². The molecule has 0 radical (unpaired) electrons. The summed E-state index contributed by atoms with van der Waals surface area (Å²) in [5.74, 6) is 6.33. The standard InChI is InChI=1S/C18H23NO/c1-2-3-16-15(10-19)9-17(20-16)18-13-5-11-4-12(7-13)8-14(18)6-11/h9,11-14,18H,2-8H2,1H3. The van der Waals surface area contributed by atoms with Gasteiger partial charge in [-0.05, 0) is 68.3 Å². The summed E-state index contributed by atoms with van der Waals surface area (Å²) in [5.41, 5.74) is 0.788. The lowest BCUT2D eigenvalue weighted by Gasteiger charge is -2.53. The Morgan fingerprint density at radius 3 is 2.35 bits per heavy atom. The van der Waals surface area contributed by atoms with E-state index in [0.717, 1.165) is 53.6 Å². The zero-order valence-electron chi connectivity index (χ0n) is 12.3. The minimum atomic E-state index is 0.612. The number of nitriles is 1. The molecule has 106 valence electrons. The summed E-state index contributed by atoms with van der Waals surface area (Å²) in [6, 6.07) is 4.40. The second-order valence-corrected chi connectivity index (χ2v) is 7.30. The van der Waals surface area contributed by atoms with E-state index in [2.05, 4.69) is 19.1 Å². The van der Waals surface area contributed by atoms with Crippen LogP contribution in [0.2, 0.25) is 0 Å². The van der Waals surface area contributed by atoms with Crippen molar-refractivity contribution in [3.05, 3.63) is 23.2 Å². The summed E-state index contributed by atoms with van der Waals surface area (Å²) in [7, 11) is 0. The first-order valence-electron chi connectivity index (χ1n) is 8.31. The van der Waals surface area contributed by atoms with E-state index in [9.17, 15) is 5.26 Å². The Bertz CT molecular complexity index is 522. The van der Waals surface area contributed by atoms with Crippen molar-refractivity contribution in [2.45, 2.75) is 57.8 Å². The first-order valence-corrected chi connectivity index (χ1v) is 8.31. The minimum Gasteiger partial charge on any atom is -0.464 e. The maximum absolute atomic E-state index is 9.30. The van der Waals surface area contributed by atoms with Gasteiger partial charge in [-0.15, -0.1) is 0 Å². The Morgan fingerprint density at radius 2 is 1.80 bits per heavy atom. The second-order valence-electron chi connectivity index (χ2n) is 7.30. The summed E-state index contributed by atoms with van der Waals surface area (Å²) in [5, 5.41) is 9.30. The summed E-state index contributed by atoms with van der Waals surface area (Å²) in [6.45, 7) is 2.15. The number of hydrogen-bond donors (Lipinski definition) is 0. The van der Waals surface area contributed by atoms with Crippen molar-refractivity contribution in [1.82, 2.24) is 0 Å². The third-order valence-electron chi connectivity index (χ3n) is 5.98. The molecule has 1 heterocycles. The highest BCUT2D eigenvalue weighted by Crippen LogP contribution is 2.60. The van der Waals surface area contributed by atoms with Crippen LogP contribution in [0.15, 0.2) is 10.5 Å². The SMILES string of the molecule is CCCc1oc(C2C3CC4CC(C3)CC2C4)cc1C#N. The summed E-state index contributed by atoms with van der Waals surface area (Å²) < 4.78 is 6.15. The van der Waals surface area contributed by atoms with Gasteiger partial charge in [0, 0.05) is 12.3 Å². The molecule has 0 amide bonds. The fraction of sp³-hybridized carbons (Fsp3) is 0.722. The van der Waals surface area contributed by atoms with Gasteiger partial charge in [0.15, 0.2) is 0 Å². The molecule has 0 saturated heterocycles. The van der Waals surface area contributed by atoms with Gasteiger partial charge in [-0.2, -0.15) is 5.26 Å². The first kappa shape index (κ1) is 12.5. The Kier molecular flexibility index (Phi) is 2.91. The third-order valence-corrected chi connectivity index (χ3v) is 5.98. The molecule has 4 aliphatic rings. The molecule has 0 atom stereocenters. The van der Waals surface area contributed by atoms with Gasteiger partial charge in [-0.3, -0.25) is 0 Å². The van der Waals surface area contributed by atoms with Crippen molar-refractivity contribution < 1.29 is 4.42 Å². The lowest BCUT2D eigenvalue weighted by molar-refractivity contribution is -0.00991. The van der Waals surface area contributed by atoms with Crippen LogP contribution in [0, 0.1) is 35.0 Å². The largest absolute Gasteiger partial charge is 0.464 e. The fourth-order valence-corrected chi connectivity index (χ4v) is 5.51. The molecular formula is C18H23NO. The lowest BCUT2D eigenvalue weighted by atomic mass is 9.51. The van der Waals surface area contributed by atoms with Gasteiger partial charge < -0.3 is 4.42 Å². The van der Waals surface area contributed by atoms with Gasteiger partial charge in [-0.1, -0.05) is 6.92 Å². The Hall–Kier alpha value is -1.23. The van der Waals surface area contributed by atoms with Gasteiger partial charge >= 0.3 is 0 Å². The quantitative estimate of drug-likeness (QED) is 0.801. The van der Waals surface area contributed by atoms with Crippen molar-refractivity contribution in [1.29, 1.82) is 5.26 Å². The molecule has 1 aromatic rings. The number of hydrogen-bond acceptors (Lipinski definition) is 2. The molecule has 20 heavy (non-hydrogen) atoms. The van der Waals surface area contributed by atoms with Crippen LogP contribution in [0.25, 0.3) is 0 Å². The van der Waals surface area contributed by atoms with Crippen molar-refractivity contribution in [3.63, 3.8) is 0 Å². The molecule has 5 rings (SSSR count). The van der Waals surface area contributed by atoms with E-state index in [1.54, 1.807) is 0 Å². The third kappa shape index (κ3) is 1.83. The lowest BCUT2D eigenvalue weighted by Crippen LogP contribution is -2.43. The highest BCUT2D eigenvalue weighted by Gasteiger charge is 2.49. The van der Waals surface area contributed by atoms with Crippen molar-refractivity contribution in [2.24, 2.45) is 23.7 Å². The summed E-state index contributed by atoms with van der Waals surface area (Å²) in [4.78, 5) is 0. The normalized spacial score (nSPS) is 38.1. The average Bonchev–Trinajstić information content (AvgIpc) is 2.81. The zero-order chi connectivity index (χ0) is 13.7. The number of nitrogens with zero attached hydrogens (tertiary/aromatic N) is 1. The van der Waals surface area contributed by atoms with E-state index < -0.39 is 0 Å². The van der Waals surface area contributed by atoms with E-state index in [4.69, 9.17) is 4.42 Å². The number of furan rings is 1.